The lowest BCUT2D eigenvalue weighted by Gasteiger charge is -2.06. The van der Waals surface area contributed by atoms with Gasteiger partial charge in [0.2, 0.25) is 5.91 Å². The van der Waals surface area contributed by atoms with Crippen LogP contribution >= 0.6 is 12.8 Å². The molecule has 0 aliphatic rings. The molecule has 0 unspecified atom stereocenters. The molecule has 0 radical (unpaired) electrons. The number of thiol groups is 1. The Balaban J connectivity index is 1.65. The molecule has 3 aromatic rings. The molecule has 0 fully saturated rings. The summed E-state index contributed by atoms with van der Waals surface area (Å²) in [6.45, 7) is 0. The van der Waals surface area contributed by atoms with E-state index in [1.807, 2.05) is 60.8 Å². The van der Waals surface area contributed by atoms with Crippen LogP contribution in [0.3, 0.4) is 0 Å². The van der Waals surface area contributed by atoms with Gasteiger partial charge in [-0.1, -0.05) is 42.5 Å². The third-order valence-corrected chi connectivity index (χ3v) is 3.50. The van der Waals surface area contributed by atoms with E-state index in [-0.39, 0.29) is 5.91 Å². The molecular weight excluding hydrogens is 294 g/mol. The summed E-state index contributed by atoms with van der Waals surface area (Å²) in [5.74, 6) is -0.0258. The minimum absolute atomic E-state index is 0.0258. The fraction of sp³-hybridized carbons (Fsp3) is 0.0588. The zero-order chi connectivity index (χ0) is 15.4. The molecule has 0 spiro atoms. The second kappa shape index (κ2) is 6.49. The van der Waals surface area contributed by atoms with Crippen LogP contribution < -0.4 is 5.32 Å². The monoisotopic (exact) mass is 309 g/mol. The van der Waals surface area contributed by atoms with Crippen LogP contribution in [0.15, 0.2) is 67.0 Å². The van der Waals surface area contributed by atoms with E-state index in [1.54, 1.807) is 6.20 Å². The molecule has 0 aliphatic heterocycles. The lowest BCUT2D eigenvalue weighted by molar-refractivity contribution is -0.115. The van der Waals surface area contributed by atoms with Crippen LogP contribution in [0.25, 0.3) is 11.1 Å². The van der Waals surface area contributed by atoms with Crippen LogP contribution in [0.4, 0.5) is 5.69 Å². The Kier molecular flexibility index (Phi) is 4.25. The normalized spacial score (nSPS) is 10.4. The van der Waals surface area contributed by atoms with Gasteiger partial charge in [-0.2, -0.15) is 5.10 Å². The van der Waals surface area contributed by atoms with Gasteiger partial charge in [-0.3, -0.25) is 4.79 Å². The first-order valence-electron chi connectivity index (χ1n) is 6.89. The number of anilines is 1. The fourth-order valence-corrected chi connectivity index (χ4v) is 2.37. The van der Waals surface area contributed by atoms with Crippen LogP contribution in [-0.4, -0.2) is 15.1 Å². The molecule has 1 amide bonds. The van der Waals surface area contributed by atoms with Gasteiger partial charge >= 0.3 is 0 Å². The van der Waals surface area contributed by atoms with E-state index < -0.39 is 0 Å². The van der Waals surface area contributed by atoms with Gasteiger partial charge in [-0.15, -0.1) is 0 Å². The van der Waals surface area contributed by atoms with Crippen LogP contribution in [-0.2, 0) is 11.2 Å². The van der Waals surface area contributed by atoms with Crippen molar-refractivity contribution in [2.45, 2.75) is 6.42 Å². The first-order chi connectivity index (χ1) is 10.7. The number of carbonyl (C=O) groups excluding carboxylic acids is 1. The maximum atomic E-state index is 12.0. The van der Waals surface area contributed by atoms with Crippen LogP contribution in [0, 0.1) is 0 Å². The number of rotatable bonds is 4. The van der Waals surface area contributed by atoms with Crippen molar-refractivity contribution >= 4 is 24.4 Å². The Bertz CT molecular complexity index is 766. The van der Waals surface area contributed by atoms with Gasteiger partial charge in [0.25, 0.3) is 0 Å². The van der Waals surface area contributed by atoms with Crippen molar-refractivity contribution in [1.82, 2.24) is 9.19 Å². The molecule has 0 saturated heterocycles. The summed E-state index contributed by atoms with van der Waals surface area (Å²) in [5, 5.41) is 6.92. The molecule has 5 heteroatoms. The van der Waals surface area contributed by atoms with Gasteiger partial charge in [0.05, 0.1) is 12.6 Å². The smallest absolute Gasteiger partial charge is 0.228 e. The number of carbonyl (C=O) groups is 1. The number of hydrogen-bond acceptors (Lipinski definition) is 3. The van der Waals surface area contributed by atoms with Crippen molar-refractivity contribution in [2.24, 2.45) is 0 Å². The van der Waals surface area contributed by atoms with Gasteiger partial charge in [0.15, 0.2) is 0 Å². The Labute approximate surface area is 134 Å². The quantitative estimate of drug-likeness (QED) is 0.725. The first kappa shape index (κ1) is 14.4. The Morgan fingerprint density at radius 2 is 1.77 bits per heavy atom. The van der Waals surface area contributed by atoms with Crippen molar-refractivity contribution in [2.75, 3.05) is 5.32 Å². The minimum Gasteiger partial charge on any atom is -0.326 e. The van der Waals surface area contributed by atoms with Crippen molar-refractivity contribution < 1.29 is 4.79 Å². The molecule has 110 valence electrons. The molecular formula is C17H15N3OS. The van der Waals surface area contributed by atoms with E-state index in [2.05, 4.69) is 23.2 Å². The van der Waals surface area contributed by atoms with E-state index in [0.717, 1.165) is 22.4 Å². The van der Waals surface area contributed by atoms with Crippen molar-refractivity contribution in [3.8, 4) is 11.1 Å². The Hall–Kier alpha value is -2.53. The number of aromatic nitrogens is 2. The maximum Gasteiger partial charge on any atom is 0.228 e. The Morgan fingerprint density at radius 3 is 2.41 bits per heavy atom. The average molecular weight is 309 g/mol. The summed E-state index contributed by atoms with van der Waals surface area (Å²) in [5.41, 5.74) is 3.79. The highest BCUT2D eigenvalue weighted by Gasteiger charge is 2.05. The molecule has 0 aliphatic carbocycles. The molecule has 0 atom stereocenters. The average Bonchev–Trinajstić information content (AvgIpc) is 2.95. The maximum absolute atomic E-state index is 12.0. The zero-order valence-electron chi connectivity index (χ0n) is 11.8. The van der Waals surface area contributed by atoms with E-state index in [9.17, 15) is 4.79 Å². The Morgan fingerprint density at radius 1 is 1.05 bits per heavy atom. The van der Waals surface area contributed by atoms with Crippen LogP contribution in [0.5, 0.6) is 0 Å². The fourth-order valence-electron chi connectivity index (χ4n) is 2.19. The molecule has 1 heterocycles. The van der Waals surface area contributed by atoms with Crippen molar-refractivity contribution in [1.29, 1.82) is 0 Å². The summed E-state index contributed by atoms with van der Waals surface area (Å²) in [7, 11) is 0. The van der Waals surface area contributed by atoms with Gasteiger partial charge in [0, 0.05) is 17.4 Å². The summed E-state index contributed by atoms with van der Waals surface area (Å²) in [6, 6.07) is 17.3. The van der Waals surface area contributed by atoms with Gasteiger partial charge in [0.1, 0.15) is 0 Å². The van der Waals surface area contributed by atoms with E-state index in [4.69, 9.17) is 0 Å². The zero-order valence-corrected chi connectivity index (χ0v) is 12.7. The predicted molar refractivity (Wildman–Crippen MR) is 90.8 cm³/mol. The first-order valence-corrected chi connectivity index (χ1v) is 7.29. The summed E-state index contributed by atoms with van der Waals surface area (Å²) < 4.78 is 1.46. The molecule has 0 saturated carbocycles. The topological polar surface area (TPSA) is 46.9 Å². The van der Waals surface area contributed by atoms with Gasteiger partial charge in [-0.25, -0.2) is 4.09 Å². The predicted octanol–water partition coefficient (Wildman–Crippen LogP) is 3.42. The SMILES string of the molecule is O=C(Cc1ccccc1)Nc1ccc(-c2cnn(S)c2)cc1. The minimum atomic E-state index is -0.0258. The lowest BCUT2D eigenvalue weighted by atomic mass is 10.1. The second-order valence-corrected chi connectivity index (χ2v) is 5.35. The number of nitrogens with zero attached hydrogens (tertiary/aromatic N) is 2. The third kappa shape index (κ3) is 3.56. The number of hydrogen-bond donors (Lipinski definition) is 2. The molecule has 4 nitrogen and oxygen atoms in total. The van der Waals surface area contributed by atoms with Crippen molar-refractivity contribution in [3.63, 3.8) is 0 Å². The van der Waals surface area contributed by atoms with Gasteiger partial charge < -0.3 is 5.32 Å². The lowest BCUT2D eigenvalue weighted by Crippen LogP contribution is -2.14. The second-order valence-electron chi connectivity index (χ2n) is 4.94. The summed E-state index contributed by atoms with van der Waals surface area (Å²) >= 11 is 4.12. The molecule has 1 N–H and O–H groups in total. The number of benzene rings is 2. The van der Waals surface area contributed by atoms with Gasteiger partial charge in [-0.05, 0) is 36.1 Å². The van der Waals surface area contributed by atoms with Crippen LogP contribution in [0.1, 0.15) is 5.56 Å². The third-order valence-electron chi connectivity index (χ3n) is 3.28. The van der Waals surface area contributed by atoms with E-state index >= 15 is 0 Å². The summed E-state index contributed by atoms with van der Waals surface area (Å²) in [4.78, 5) is 12.0. The number of amides is 1. The molecule has 22 heavy (non-hydrogen) atoms. The highest BCUT2D eigenvalue weighted by atomic mass is 32.1. The number of nitrogens with one attached hydrogen (secondary N) is 1. The molecule has 2 aromatic carbocycles. The summed E-state index contributed by atoms with van der Waals surface area (Å²) in [6.07, 6.45) is 3.94. The molecule has 0 bridgehead atoms. The highest BCUT2D eigenvalue weighted by Crippen LogP contribution is 2.21. The molecule has 1 aromatic heterocycles. The van der Waals surface area contributed by atoms with E-state index in [0.29, 0.717) is 6.42 Å². The van der Waals surface area contributed by atoms with E-state index in [1.165, 1.54) is 4.09 Å². The van der Waals surface area contributed by atoms with Crippen molar-refractivity contribution in [3.05, 3.63) is 72.6 Å². The largest absolute Gasteiger partial charge is 0.326 e. The highest BCUT2D eigenvalue weighted by molar-refractivity contribution is 7.78. The van der Waals surface area contributed by atoms with Crippen LogP contribution in [0.2, 0.25) is 0 Å². The standard InChI is InChI=1S/C17H15N3OS/c21-17(10-13-4-2-1-3-5-13)19-16-8-6-14(7-9-16)15-11-18-20(22)12-15/h1-9,11-12,22H,10H2,(H,19,21). The molecule has 3 rings (SSSR count).